The van der Waals surface area contributed by atoms with Gasteiger partial charge in [-0.3, -0.25) is 4.57 Å². The van der Waals surface area contributed by atoms with Crippen molar-refractivity contribution in [1.29, 1.82) is 0 Å². The lowest BCUT2D eigenvalue weighted by atomic mass is 10.4. The van der Waals surface area contributed by atoms with E-state index in [-0.39, 0.29) is 0 Å². The van der Waals surface area contributed by atoms with Crippen LogP contribution in [0.5, 0.6) is 11.6 Å². The first-order chi connectivity index (χ1) is 9.31. The normalized spacial score (nSPS) is 10.3. The maximum Gasteiger partial charge on any atom is 0.219 e. The van der Waals surface area contributed by atoms with E-state index < -0.39 is 0 Å². The van der Waals surface area contributed by atoms with Crippen molar-refractivity contribution < 1.29 is 4.74 Å². The molecule has 0 atom stereocenters. The quantitative estimate of drug-likeness (QED) is 0.772. The van der Waals surface area contributed by atoms with E-state index in [4.69, 9.17) is 10.5 Å². The van der Waals surface area contributed by atoms with Crippen LogP contribution in [0, 0.1) is 0 Å². The monoisotopic (exact) mass is 253 g/mol. The molecule has 6 nitrogen and oxygen atoms in total. The maximum absolute atomic E-state index is 5.56. The van der Waals surface area contributed by atoms with Gasteiger partial charge in [-0.05, 0) is 18.2 Å². The fourth-order valence-corrected chi connectivity index (χ4v) is 1.58. The summed E-state index contributed by atoms with van der Waals surface area (Å²) in [5, 5.41) is 0. The van der Waals surface area contributed by atoms with Crippen LogP contribution in [0.2, 0.25) is 0 Å². The highest BCUT2D eigenvalue weighted by Gasteiger charge is 2.02. The van der Waals surface area contributed by atoms with Gasteiger partial charge in [0.15, 0.2) is 0 Å². The summed E-state index contributed by atoms with van der Waals surface area (Å²) in [5.41, 5.74) is 5.56. The first-order valence-electron chi connectivity index (χ1n) is 5.66. The number of imidazole rings is 1. The van der Waals surface area contributed by atoms with Crippen molar-refractivity contribution >= 4 is 5.82 Å². The number of rotatable bonds is 3. The number of nitrogen functional groups attached to an aromatic ring is 1. The second-order valence-corrected chi connectivity index (χ2v) is 3.83. The zero-order chi connectivity index (χ0) is 13.1. The van der Waals surface area contributed by atoms with Gasteiger partial charge < -0.3 is 10.5 Å². The van der Waals surface area contributed by atoms with E-state index in [1.807, 2.05) is 24.3 Å². The molecule has 0 amide bonds. The van der Waals surface area contributed by atoms with Crippen LogP contribution in [0.15, 0.2) is 55.2 Å². The molecular weight excluding hydrogens is 242 g/mol. The van der Waals surface area contributed by atoms with Crippen molar-refractivity contribution in [3.8, 4) is 17.4 Å². The van der Waals surface area contributed by atoms with Crippen molar-refractivity contribution in [1.82, 2.24) is 19.5 Å². The molecule has 3 aromatic heterocycles. The molecule has 0 radical (unpaired) electrons. The third kappa shape index (κ3) is 2.52. The first-order valence-corrected chi connectivity index (χ1v) is 5.66. The molecule has 2 N–H and O–H groups in total. The number of pyridine rings is 2. The fourth-order valence-electron chi connectivity index (χ4n) is 1.58. The van der Waals surface area contributed by atoms with E-state index >= 15 is 0 Å². The molecule has 0 saturated heterocycles. The highest BCUT2D eigenvalue weighted by molar-refractivity contribution is 5.34. The van der Waals surface area contributed by atoms with Gasteiger partial charge in [0.05, 0.1) is 12.4 Å². The summed E-state index contributed by atoms with van der Waals surface area (Å²) in [4.78, 5) is 12.3. The number of hydrogen-bond donors (Lipinski definition) is 1. The minimum absolute atomic E-state index is 0.454. The molecular formula is C13H11N5O. The van der Waals surface area contributed by atoms with Gasteiger partial charge >= 0.3 is 0 Å². The largest absolute Gasteiger partial charge is 0.437 e. The second kappa shape index (κ2) is 4.77. The Morgan fingerprint density at radius 3 is 2.63 bits per heavy atom. The maximum atomic E-state index is 5.56. The highest BCUT2D eigenvalue weighted by Crippen LogP contribution is 2.18. The SMILES string of the molecule is Nc1cn(-c2ccc(Oc3ccccn3)cn2)cn1. The van der Waals surface area contributed by atoms with Gasteiger partial charge in [0.2, 0.25) is 5.88 Å². The van der Waals surface area contributed by atoms with Gasteiger partial charge in [-0.2, -0.15) is 0 Å². The van der Waals surface area contributed by atoms with Crippen molar-refractivity contribution in [2.75, 3.05) is 5.73 Å². The molecule has 0 saturated carbocycles. The van der Waals surface area contributed by atoms with Gasteiger partial charge in [0, 0.05) is 12.3 Å². The molecule has 94 valence electrons. The molecule has 3 rings (SSSR count). The highest BCUT2D eigenvalue weighted by atomic mass is 16.5. The molecule has 6 heteroatoms. The molecule has 0 aromatic carbocycles. The Balaban J connectivity index is 1.79. The third-order valence-corrected chi connectivity index (χ3v) is 2.45. The van der Waals surface area contributed by atoms with E-state index in [0.717, 1.165) is 5.82 Å². The van der Waals surface area contributed by atoms with Gasteiger partial charge in [-0.15, -0.1) is 0 Å². The molecule has 19 heavy (non-hydrogen) atoms. The molecule has 0 fully saturated rings. The van der Waals surface area contributed by atoms with E-state index in [0.29, 0.717) is 17.4 Å². The van der Waals surface area contributed by atoms with Crippen molar-refractivity contribution in [2.24, 2.45) is 0 Å². The Hall–Kier alpha value is -2.89. The Labute approximate surface area is 109 Å². The summed E-state index contributed by atoms with van der Waals surface area (Å²) in [6.45, 7) is 0. The van der Waals surface area contributed by atoms with E-state index in [1.165, 1.54) is 0 Å². The lowest BCUT2D eigenvalue weighted by Gasteiger charge is -2.05. The number of aromatic nitrogens is 4. The van der Waals surface area contributed by atoms with Crippen LogP contribution in [-0.4, -0.2) is 19.5 Å². The topological polar surface area (TPSA) is 78.9 Å². The Bertz CT molecular complexity index is 663. The van der Waals surface area contributed by atoms with Crippen LogP contribution in [-0.2, 0) is 0 Å². The summed E-state index contributed by atoms with van der Waals surface area (Å²) in [5.74, 6) is 2.33. The minimum Gasteiger partial charge on any atom is -0.437 e. The predicted octanol–water partition coefficient (Wildman–Crippen LogP) is 2.04. The summed E-state index contributed by atoms with van der Waals surface area (Å²) in [7, 11) is 0. The van der Waals surface area contributed by atoms with E-state index in [1.54, 1.807) is 35.6 Å². The molecule has 0 aliphatic rings. The van der Waals surface area contributed by atoms with Gasteiger partial charge in [-0.25, -0.2) is 15.0 Å². The fraction of sp³-hybridized carbons (Fsp3) is 0. The summed E-state index contributed by atoms with van der Waals surface area (Å²) < 4.78 is 7.29. The average Bonchev–Trinajstić information content (AvgIpc) is 2.87. The molecule has 0 aliphatic heterocycles. The van der Waals surface area contributed by atoms with Crippen LogP contribution in [0.1, 0.15) is 0 Å². The number of nitrogens with zero attached hydrogens (tertiary/aromatic N) is 4. The minimum atomic E-state index is 0.454. The second-order valence-electron chi connectivity index (χ2n) is 3.83. The zero-order valence-electron chi connectivity index (χ0n) is 9.97. The molecule has 0 spiro atoms. The van der Waals surface area contributed by atoms with Gasteiger partial charge in [0.1, 0.15) is 23.7 Å². The number of anilines is 1. The lowest BCUT2D eigenvalue weighted by Crippen LogP contribution is -1.95. The van der Waals surface area contributed by atoms with Gasteiger partial charge in [-0.1, -0.05) is 6.07 Å². The first kappa shape index (κ1) is 11.2. The van der Waals surface area contributed by atoms with Crippen LogP contribution < -0.4 is 10.5 Å². The molecule has 3 aromatic rings. The summed E-state index contributed by atoms with van der Waals surface area (Å²) in [6, 6.07) is 9.10. The molecule has 3 heterocycles. The standard InChI is InChI=1S/C13H11N5O/c14-11-8-18(9-17-11)12-5-4-10(7-16-12)19-13-3-1-2-6-15-13/h1-9H,14H2. The van der Waals surface area contributed by atoms with Crippen molar-refractivity contribution in [3.05, 3.63) is 55.2 Å². The van der Waals surface area contributed by atoms with Crippen LogP contribution in [0.3, 0.4) is 0 Å². The van der Waals surface area contributed by atoms with Crippen LogP contribution >= 0.6 is 0 Å². The Morgan fingerprint density at radius 2 is 2.00 bits per heavy atom. The van der Waals surface area contributed by atoms with Crippen molar-refractivity contribution in [2.45, 2.75) is 0 Å². The van der Waals surface area contributed by atoms with Crippen LogP contribution in [0.25, 0.3) is 5.82 Å². The zero-order valence-corrected chi connectivity index (χ0v) is 9.97. The van der Waals surface area contributed by atoms with Crippen LogP contribution in [0.4, 0.5) is 5.82 Å². The van der Waals surface area contributed by atoms with Crippen molar-refractivity contribution in [3.63, 3.8) is 0 Å². The van der Waals surface area contributed by atoms with Gasteiger partial charge in [0.25, 0.3) is 0 Å². The molecule has 0 aliphatic carbocycles. The smallest absolute Gasteiger partial charge is 0.219 e. The van der Waals surface area contributed by atoms with E-state index in [2.05, 4.69) is 15.0 Å². The van der Waals surface area contributed by atoms with E-state index in [9.17, 15) is 0 Å². The Morgan fingerprint density at radius 1 is 1.05 bits per heavy atom. The summed E-state index contributed by atoms with van der Waals surface area (Å²) >= 11 is 0. The average molecular weight is 253 g/mol. The third-order valence-electron chi connectivity index (χ3n) is 2.45. The predicted molar refractivity (Wildman–Crippen MR) is 70.1 cm³/mol. The molecule has 0 bridgehead atoms. The number of nitrogens with two attached hydrogens (primary N) is 1. The summed E-state index contributed by atoms with van der Waals surface area (Å²) in [6.07, 6.45) is 6.60. The lowest BCUT2D eigenvalue weighted by molar-refractivity contribution is 0.460. The number of ether oxygens (including phenoxy) is 1. The number of hydrogen-bond acceptors (Lipinski definition) is 5. The Kier molecular flexibility index (Phi) is 2.82. The molecule has 0 unspecified atom stereocenters.